The topological polar surface area (TPSA) is 32.7 Å². The van der Waals surface area contributed by atoms with Crippen molar-refractivity contribution in [1.82, 2.24) is 4.90 Å². The fourth-order valence-electron chi connectivity index (χ4n) is 1.42. The summed E-state index contributed by atoms with van der Waals surface area (Å²) in [5, 5.41) is 0. The van der Waals surface area contributed by atoms with Crippen LogP contribution in [0.3, 0.4) is 0 Å². The fraction of sp³-hybridized carbons (Fsp3) is 0.600. The highest BCUT2D eigenvalue weighted by Crippen LogP contribution is 2.20. The molecule has 0 aromatic rings. The van der Waals surface area contributed by atoms with E-state index in [2.05, 4.69) is 11.7 Å². The van der Waals surface area contributed by atoms with Gasteiger partial charge in [-0.3, -0.25) is 9.79 Å². The lowest BCUT2D eigenvalue weighted by atomic mass is 9.96. The van der Waals surface area contributed by atoms with Crippen molar-refractivity contribution in [2.75, 3.05) is 7.05 Å². The Labute approximate surface area is 79.1 Å². The van der Waals surface area contributed by atoms with Crippen LogP contribution in [0, 0.1) is 0 Å². The molecule has 0 aromatic heterocycles. The van der Waals surface area contributed by atoms with E-state index < -0.39 is 0 Å². The molecule has 72 valence electrons. The lowest BCUT2D eigenvalue weighted by Gasteiger charge is -2.30. The Hall–Kier alpha value is -1.12. The smallest absolute Gasteiger partial charge is 0.246 e. The normalized spacial score (nSPS) is 25.5. The van der Waals surface area contributed by atoms with Crippen LogP contribution in [0.4, 0.5) is 0 Å². The molecule has 1 aliphatic heterocycles. The molecule has 0 bridgehead atoms. The summed E-state index contributed by atoms with van der Waals surface area (Å²) in [7, 11) is 1.83. The first-order valence-electron chi connectivity index (χ1n) is 4.49. The van der Waals surface area contributed by atoms with Gasteiger partial charge in [-0.25, -0.2) is 0 Å². The maximum Gasteiger partial charge on any atom is 0.246 e. The summed E-state index contributed by atoms with van der Waals surface area (Å²) in [4.78, 5) is 17.1. The maximum absolute atomic E-state index is 11.4. The standard InChI is InChI=1S/C10H16N2O/c1-7-5-9(8(2)11-3)6-10(13)12(7)4/h6-8H,3,5H2,1-2,4H3/t7?,8-/m0/s1. The van der Waals surface area contributed by atoms with E-state index in [1.54, 1.807) is 11.0 Å². The highest BCUT2D eigenvalue weighted by Gasteiger charge is 2.23. The molecule has 0 aromatic carbocycles. The molecule has 0 radical (unpaired) electrons. The molecule has 1 rings (SSSR count). The van der Waals surface area contributed by atoms with E-state index in [9.17, 15) is 4.79 Å². The zero-order valence-corrected chi connectivity index (χ0v) is 8.45. The third kappa shape index (κ3) is 1.97. The average molecular weight is 180 g/mol. The van der Waals surface area contributed by atoms with Crippen LogP contribution in [0.5, 0.6) is 0 Å². The number of hydrogen-bond acceptors (Lipinski definition) is 2. The van der Waals surface area contributed by atoms with Crippen LogP contribution in [-0.4, -0.2) is 36.7 Å². The average Bonchev–Trinajstić information content (AvgIpc) is 2.12. The minimum absolute atomic E-state index is 0.0695. The molecule has 1 unspecified atom stereocenters. The van der Waals surface area contributed by atoms with Crippen LogP contribution < -0.4 is 0 Å². The first-order valence-corrected chi connectivity index (χ1v) is 4.49. The van der Waals surface area contributed by atoms with E-state index in [1.807, 2.05) is 20.9 Å². The van der Waals surface area contributed by atoms with Gasteiger partial charge in [0, 0.05) is 19.2 Å². The second-order valence-electron chi connectivity index (χ2n) is 3.58. The Morgan fingerprint density at radius 1 is 1.77 bits per heavy atom. The Bertz CT molecular complexity index is 258. The van der Waals surface area contributed by atoms with E-state index in [0.717, 1.165) is 12.0 Å². The van der Waals surface area contributed by atoms with Gasteiger partial charge in [-0.2, -0.15) is 0 Å². The van der Waals surface area contributed by atoms with Crippen molar-refractivity contribution >= 4 is 12.6 Å². The zero-order valence-electron chi connectivity index (χ0n) is 8.45. The van der Waals surface area contributed by atoms with Crippen LogP contribution in [0.25, 0.3) is 0 Å². The van der Waals surface area contributed by atoms with Crippen molar-refractivity contribution < 1.29 is 4.79 Å². The molecule has 0 saturated heterocycles. The molecule has 3 nitrogen and oxygen atoms in total. The molecule has 2 atom stereocenters. The second kappa shape index (κ2) is 3.73. The minimum atomic E-state index is 0.0695. The van der Waals surface area contributed by atoms with Gasteiger partial charge >= 0.3 is 0 Å². The number of hydrogen-bond donors (Lipinski definition) is 0. The van der Waals surface area contributed by atoms with Crippen molar-refractivity contribution in [3.05, 3.63) is 11.6 Å². The van der Waals surface area contributed by atoms with Crippen LogP contribution in [0.2, 0.25) is 0 Å². The third-order valence-corrected chi connectivity index (χ3v) is 2.66. The SMILES string of the molecule is C=N[C@@H](C)C1=CC(=O)N(C)C(C)C1. The van der Waals surface area contributed by atoms with Gasteiger partial charge in [0.05, 0.1) is 6.04 Å². The van der Waals surface area contributed by atoms with Gasteiger partial charge in [0.2, 0.25) is 5.91 Å². The highest BCUT2D eigenvalue weighted by atomic mass is 16.2. The summed E-state index contributed by atoms with van der Waals surface area (Å²) in [5.74, 6) is 0.0734. The summed E-state index contributed by atoms with van der Waals surface area (Å²) in [6.07, 6.45) is 2.59. The largest absolute Gasteiger partial charge is 0.339 e. The quantitative estimate of drug-likeness (QED) is 0.589. The number of carbonyl (C=O) groups is 1. The predicted molar refractivity (Wildman–Crippen MR) is 53.9 cm³/mol. The maximum atomic E-state index is 11.4. The Kier molecular flexibility index (Phi) is 2.86. The summed E-state index contributed by atoms with van der Waals surface area (Å²) in [5.41, 5.74) is 1.09. The molecule has 0 spiro atoms. The van der Waals surface area contributed by atoms with Crippen LogP contribution >= 0.6 is 0 Å². The Morgan fingerprint density at radius 3 is 2.85 bits per heavy atom. The molecule has 0 fully saturated rings. The molecule has 3 heteroatoms. The lowest BCUT2D eigenvalue weighted by Crippen LogP contribution is -2.38. The molecule has 0 saturated carbocycles. The van der Waals surface area contributed by atoms with Crippen molar-refractivity contribution in [1.29, 1.82) is 0 Å². The fourth-order valence-corrected chi connectivity index (χ4v) is 1.42. The lowest BCUT2D eigenvalue weighted by molar-refractivity contribution is -0.127. The summed E-state index contributed by atoms with van der Waals surface area (Å²) in [6, 6.07) is 0.344. The summed E-state index contributed by atoms with van der Waals surface area (Å²) in [6.45, 7) is 7.49. The van der Waals surface area contributed by atoms with Gasteiger partial charge in [-0.1, -0.05) is 0 Å². The number of carbonyl (C=O) groups excluding carboxylic acids is 1. The van der Waals surface area contributed by atoms with E-state index >= 15 is 0 Å². The molecule has 1 aliphatic rings. The minimum Gasteiger partial charge on any atom is -0.339 e. The summed E-state index contributed by atoms with van der Waals surface area (Å²) < 4.78 is 0. The van der Waals surface area contributed by atoms with E-state index in [4.69, 9.17) is 0 Å². The van der Waals surface area contributed by atoms with E-state index in [0.29, 0.717) is 0 Å². The number of likely N-dealkylation sites (N-methyl/N-ethyl adjacent to an activating group) is 1. The first kappa shape index (κ1) is 9.96. The van der Waals surface area contributed by atoms with Gasteiger partial charge in [0.1, 0.15) is 0 Å². The van der Waals surface area contributed by atoms with Crippen molar-refractivity contribution in [2.24, 2.45) is 4.99 Å². The predicted octanol–water partition coefficient (Wildman–Crippen LogP) is 1.25. The molecule has 0 aliphatic carbocycles. The highest BCUT2D eigenvalue weighted by molar-refractivity contribution is 5.89. The number of rotatable bonds is 2. The number of amides is 1. The van der Waals surface area contributed by atoms with Gasteiger partial charge in [-0.05, 0) is 32.6 Å². The van der Waals surface area contributed by atoms with E-state index in [1.165, 1.54) is 0 Å². The van der Waals surface area contributed by atoms with Gasteiger partial charge < -0.3 is 4.90 Å². The van der Waals surface area contributed by atoms with E-state index in [-0.39, 0.29) is 18.0 Å². The van der Waals surface area contributed by atoms with Crippen molar-refractivity contribution in [2.45, 2.75) is 32.4 Å². The third-order valence-electron chi connectivity index (χ3n) is 2.66. The second-order valence-corrected chi connectivity index (χ2v) is 3.58. The molecular formula is C10H16N2O. The van der Waals surface area contributed by atoms with Crippen LogP contribution in [0.1, 0.15) is 20.3 Å². The summed E-state index contributed by atoms with van der Waals surface area (Å²) >= 11 is 0. The van der Waals surface area contributed by atoms with Crippen molar-refractivity contribution in [3.63, 3.8) is 0 Å². The zero-order chi connectivity index (χ0) is 10.0. The molecule has 1 amide bonds. The van der Waals surface area contributed by atoms with Crippen LogP contribution in [0.15, 0.2) is 16.6 Å². The van der Waals surface area contributed by atoms with Crippen molar-refractivity contribution in [3.8, 4) is 0 Å². The monoisotopic (exact) mass is 180 g/mol. The molecule has 13 heavy (non-hydrogen) atoms. The van der Waals surface area contributed by atoms with Crippen LogP contribution in [-0.2, 0) is 4.79 Å². The van der Waals surface area contributed by atoms with Gasteiger partial charge in [0.15, 0.2) is 0 Å². The number of aliphatic imine (C=N–C) groups is 1. The Morgan fingerprint density at radius 2 is 2.38 bits per heavy atom. The Balaban J connectivity index is 2.84. The van der Waals surface area contributed by atoms with Gasteiger partial charge in [-0.15, -0.1) is 0 Å². The molecular weight excluding hydrogens is 164 g/mol. The first-order chi connectivity index (χ1) is 6.06. The van der Waals surface area contributed by atoms with Gasteiger partial charge in [0.25, 0.3) is 0 Å². The molecule has 0 N–H and O–H groups in total. The number of nitrogens with zero attached hydrogens (tertiary/aromatic N) is 2. The molecule has 1 heterocycles.